The molecule has 4 rings (SSSR count). The fourth-order valence-corrected chi connectivity index (χ4v) is 5.80. The number of fused-ring (bicyclic) bond motifs is 3. The normalized spacial score (nSPS) is 17.4. The summed E-state index contributed by atoms with van der Waals surface area (Å²) in [6.07, 6.45) is 1.34. The summed E-state index contributed by atoms with van der Waals surface area (Å²) in [5, 5.41) is 20.6. The van der Waals surface area contributed by atoms with E-state index in [1.807, 2.05) is 62.4 Å². The van der Waals surface area contributed by atoms with Crippen LogP contribution >= 0.6 is 0 Å². The highest BCUT2D eigenvalue weighted by atomic mass is 16.5. The molecule has 0 bridgehead atoms. The largest absolute Gasteiger partial charge is 0.511 e. The predicted octanol–water partition coefficient (Wildman–Crippen LogP) is 6.11. The number of unbranched alkanes of at least 4 members (excludes halogenated alkanes) is 1. The van der Waals surface area contributed by atoms with E-state index in [-0.39, 0.29) is 23.4 Å². The smallest absolute Gasteiger partial charge is 0.411 e. The number of hydrogen-bond donors (Lipinski definition) is 2. The Morgan fingerprint density at radius 2 is 1.64 bits per heavy atom. The first-order chi connectivity index (χ1) is 18.6. The molecule has 2 aromatic carbocycles. The lowest BCUT2D eigenvalue weighted by molar-refractivity contribution is -0.143. The van der Waals surface area contributed by atoms with Gasteiger partial charge in [0, 0.05) is 25.1 Å². The third-order valence-corrected chi connectivity index (χ3v) is 7.53. The van der Waals surface area contributed by atoms with Gasteiger partial charge in [-0.05, 0) is 53.9 Å². The van der Waals surface area contributed by atoms with E-state index < -0.39 is 24.1 Å². The fraction of sp³-hybridized carbons (Fsp3) is 0.419. The number of carbonyl (C=O) groups is 3. The molecule has 0 heterocycles. The monoisotopic (exact) mass is 532 g/mol. The summed E-state index contributed by atoms with van der Waals surface area (Å²) in [5.41, 5.74) is 4.19. The maximum absolute atomic E-state index is 13.1. The average molecular weight is 533 g/mol. The molecular weight excluding hydrogens is 496 g/mol. The summed E-state index contributed by atoms with van der Waals surface area (Å²) in [6.45, 7) is 5.99. The van der Waals surface area contributed by atoms with E-state index in [0.29, 0.717) is 43.5 Å². The first-order valence-corrected chi connectivity index (χ1v) is 13.3. The Morgan fingerprint density at radius 1 is 1.05 bits per heavy atom. The van der Waals surface area contributed by atoms with Crippen molar-refractivity contribution < 1.29 is 29.3 Å². The summed E-state index contributed by atoms with van der Waals surface area (Å²) in [5.74, 6) is -1.14. The Labute approximate surface area is 229 Å². The lowest BCUT2D eigenvalue weighted by Gasteiger charge is -2.34. The van der Waals surface area contributed by atoms with Crippen molar-refractivity contribution in [1.29, 1.82) is 0 Å². The van der Waals surface area contributed by atoms with Crippen LogP contribution < -0.4 is 0 Å². The number of aliphatic hydroxyl groups excluding tert-OH is 1. The van der Waals surface area contributed by atoms with Gasteiger partial charge < -0.3 is 14.9 Å². The molecule has 8 heteroatoms. The molecule has 0 aromatic heterocycles. The van der Waals surface area contributed by atoms with Gasteiger partial charge in [0.25, 0.3) is 0 Å². The Bertz CT molecular complexity index is 1300. The number of ether oxygens (including phenoxy) is 1. The Kier molecular flexibility index (Phi) is 8.23. The molecule has 2 aromatic rings. The molecule has 2 aliphatic rings. The van der Waals surface area contributed by atoms with E-state index in [4.69, 9.17) is 4.74 Å². The van der Waals surface area contributed by atoms with Crippen LogP contribution in [0.3, 0.4) is 0 Å². The average Bonchev–Trinajstić information content (AvgIpc) is 3.20. The molecule has 1 atom stereocenters. The van der Waals surface area contributed by atoms with Crippen LogP contribution in [-0.4, -0.2) is 58.4 Å². The third kappa shape index (κ3) is 5.75. The minimum atomic E-state index is -1.11. The van der Waals surface area contributed by atoms with Crippen molar-refractivity contribution in [2.24, 2.45) is 10.4 Å². The van der Waals surface area contributed by atoms with E-state index >= 15 is 0 Å². The summed E-state index contributed by atoms with van der Waals surface area (Å²) in [6, 6.07) is 13.7. The number of Topliss-reactive ketones (excluding diaryl/α,β-unsaturated/α-hetero) is 1. The fourth-order valence-electron chi connectivity index (χ4n) is 5.80. The van der Waals surface area contributed by atoms with Crippen molar-refractivity contribution in [2.75, 3.05) is 13.7 Å². The summed E-state index contributed by atoms with van der Waals surface area (Å²) in [4.78, 5) is 44.0. The minimum Gasteiger partial charge on any atom is -0.511 e. The number of carbonyl (C=O) groups excluding carboxylic acids is 2. The van der Waals surface area contributed by atoms with E-state index in [9.17, 15) is 24.6 Å². The zero-order valence-corrected chi connectivity index (χ0v) is 22.9. The van der Waals surface area contributed by atoms with Crippen LogP contribution in [0.15, 0.2) is 64.9 Å². The van der Waals surface area contributed by atoms with Crippen LogP contribution in [0.25, 0.3) is 11.1 Å². The zero-order valence-electron chi connectivity index (χ0n) is 22.9. The maximum Gasteiger partial charge on any atom is 0.411 e. The van der Waals surface area contributed by atoms with Crippen LogP contribution in [0.1, 0.15) is 70.0 Å². The second kappa shape index (κ2) is 11.4. The number of aliphatic carboxylic acids is 1. The van der Waals surface area contributed by atoms with Gasteiger partial charge in [-0.1, -0.05) is 62.4 Å². The number of methoxy groups -OCH3 is 1. The van der Waals surface area contributed by atoms with Gasteiger partial charge in [0.1, 0.15) is 11.8 Å². The van der Waals surface area contributed by atoms with Crippen molar-refractivity contribution in [3.8, 4) is 11.1 Å². The summed E-state index contributed by atoms with van der Waals surface area (Å²) in [7, 11) is 1.26. The number of carboxylic acid groups (broad SMARTS) is 1. The van der Waals surface area contributed by atoms with Crippen LogP contribution in [0.2, 0.25) is 0 Å². The molecule has 39 heavy (non-hydrogen) atoms. The predicted molar refractivity (Wildman–Crippen MR) is 149 cm³/mol. The van der Waals surface area contributed by atoms with Gasteiger partial charge in [0.2, 0.25) is 0 Å². The number of carboxylic acids is 1. The van der Waals surface area contributed by atoms with E-state index in [0.717, 1.165) is 22.3 Å². The van der Waals surface area contributed by atoms with E-state index in [2.05, 4.69) is 4.99 Å². The molecule has 2 N–H and O–H groups in total. The second-order valence-corrected chi connectivity index (χ2v) is 11.0. The molecule has 0 aliphatic heterocycles. The second-order valence-electron chi connectivity index (χ2n) is 11.0. The van der Waals surface area contributed by atoms with Gasteiger partial charge >= 0.3 is 12.1 Å². The highest BCUT2D eigenvalue weighted by Crippen LogP contribution is 2.47. The van der Waals surface area contributed by atoms with E-state index in [1.165, 1.54) is 12.0 Å². The first-order valence-electron chi connectivity index (χ1n) is 13.3. The SMILES string of the molecule is COC(=O)N(C1c2ccccc2-c2ccccc21)[C@@H](CCCCN=C(C)C1=C(O)CC(C)(C)CC1=O)C(=O)O. The Balaban J connectivity index is 1.50. The number of benzene rings is 2. The lowest BCUT2D eigenvalue weighted by atomic mass is 9.76. The van der Waals surface area contributed by atoms with E-state index in [1.54, 1.807) is 6.92 Å². The van der Waals surface area contributed by atoms with Crippen molar-refractivity contribution in [3.63, 3.8) is 0 Å². The highest BCUT2D eigenvalue weighted by Gasteiger charge is 2.42. The minimum absolute atomic E-state index is 0.0780. The molecule has 2 aliphatic carbocycles. The van der Waals surface area contributed by atoms with Crippen LogP contribution in [0.5, 0.6) is 0 Å². The van der Waals surface area contributed by atoms with Crippen molar-refractivity contribution in [1.82, 2.24) is 4.90 Å². The molecule has 0 fully saturated rings. The zero-order chi connectivity index (χ0) is 28.3. The number of aliphatic hydroxyl groups is 1. The molecule has 206 valence electrons. The molecule has 1 amide bonds. The Hall–Kier alpha value is -3.94. The highest BCUT2D eigenvalue weighted by molar-refractivity contribution is 6.22. The summed E-state index contributed by atoms with van der Waals surface area (Å²) >= 11 is 0. The molecule has 8 nitrogen and oxygen atoms in total. The molecule has 0 radical (unpaired) electrons. The number of amides is 1. The van der Waals surface area contributed by atoms with Crippen molar-refractivity contribution >= 4 is 23.6 Å². The molecular formula is C31H36N2O6. The molecule has 0 spiro atoms. The van der Waals surface area contributed by atoms with Crippen LogP contribution in [0.4, 0.5) is 4.79 Å². The molecule has 0 saturated carbocycles. The quantitative estimate of drug-likeness (QED) is 0.297. The first kappa shape index (κ1) is 28.1. The number of hydrogen-bond acceptors (Lipinski definition) is 6. The van der Waals surface area contributed by atoms with Gasteiger partial charge in [0.15, 0.2) is 5.78 Å². The van der Waals surface area contributed by atoms with Gasteiger partial charge in [-0.3, -0.25) is 14.7 Å². The number of ketones is 1. The number of allylic oxidation sites excluding steroid dienone is 2. The standard InChI is InChI=1S/C31H36N2O6/c1-19(27-25(34)17-31(2,3)18-26(27)35)32-16-10-9-15-24(29(36)37)33(30(38)39-4)28-22-13-7-5-11-20(22)21-12-6-8-14-23(21)28/h5-8,11-14,24,28,34H,9-10,15-18H2,1-4H3,(H,36,37)/t24-/m0/s1. The van der Waals surface area contributed by atoms with Gasteiger partial charge in [-0.25, -0.2) is 9.59 Å². The molecule has 0 saturated heterocycles. The maximum atomic E-state index is 13.1. The van der Waals surface area contributed by atoms with Crippen LogP contribution in [-0.2, 0) is 14.3 Å². The Morgan fingerprint density at radius 3 is 2.18 bits per heavy atom. The van der Waals surface area contributed by atoms with Gasteiger partial charge in [0.05, 0.1) is 18.7 Å². The van der Waals surface area contributed by atoms with Gasteiger partial charge in [-0.2, -0.15) is 0 Å². The van der Waals surface area contributed by atoms with Crippen LogP contribution in [0, 0.1) is 5.41 Å². The topological polar surface area (TPSA) is 116 Å². The van der Waals surface area contributed by atoms with Crippen molar-refractivity contribution in [3.05, 3.63) is 71.0 Å². The third-order valence-electron chi connectivity index (χ3n) is 7.53. The number of rotatable bonds is 9. The van der Waals surface area contributed by atoms with Gasteiger partial charge in [-0.15, -0.1) is 0 Å². The summed E-state index contributed by atoms with van der Waals surface area (Å²) < 4.78 is 5.09. The number of nitrogens with zero attached hydrogens (tertiary/aromatic N) is 2. The molecule has 0 unspecified atom stereocenters. The number of aliphatic imine (C=N–C) groups is 1. The lowest BCUT2D eigenvalue weighted by Crippen LogP contribution is -2.47. The van der Waals surface area contributed by atoms with Crippen molar-refractivity contribution in [2.45, 2.75) is 65.0 Å².